The van der Waals surface area contributed by atoms with Crippen LogP contribution in [0.5, 0.6) is 11.5 Å². The average Bonchev–Trinajstić information content (AvgIpc) is 2.62. The van der Waals surface area contributed by atoms with E-state index in [-0.39, 0.29) is 34.5 Å². The molecule has 0 aliphatic heterocycles. The Bertz CT molecular complexity index is 750. The highest BCUT2D eigenvalue weighted by Gasteiger charge is 2.12. The number of allylic oxidation sites excluding steroid dienone is 1. The maximum atomic E-state index is 14.0. The summed E-state index contributed by atoms with van der Waals surface area (Å²) < 4.78 is 33.4. The minimum atomic E-state index is -0.724. The number of halogens is 3. The second-order valence-corrected chi connectivity index (χ2v) is 4.82. The van der Waals surface area contributed by atoms with E-state index in [0.717, 1.165) is 7.11 Å². The highest BCUT2D eigenvalue weighted by Crippen LogP contribution is 2.22. The minimum Gasteiger partial charge on any atom is -0.508 e. The second-order valence-electron chi connectivity index (χ2n) is 4.82. The molecule has 0 aromatic heterocycles. The predicted molar refractivity (Wildman–Crippen MR) is 101 cm³/mol. The molecule has 0 unspecified atom stereocenters. The molecule has 6 N–H and O–H groups in total. The van der Waals surface area contributed by atoms with Crippen LogP contribution < -0.4 is 16.2 Å². The molecule has 0 amide bonds. The van der Waals surface area contributed by atoms with E-state index in [1.54, 1.807) is 6.92 Å². The van der Waals surface area contributed by atoms with Gasteiger partial charge in [-0.05, 0) is 43.3 Å². The lowest BCUT2D eigenvalue weighted by atomic mass is 10.2. The van der Waals surface area contributed by atoms with E-state index in [2.05, 4.69) is 11.2 Å². The van der Waals surface area contributed by atoms with Crippen LogP contribution in [0, 0.1) is 24.0 Å². The van der Waals surface area contributed by atoms with Gasteiger partial charge in [-0.25, -0.2) is 8.78 Å². The van der Waals surface area contributed by atoms with Crippen molar-refractivity contribution in [3.63, 3.8) is 0 Å². The summed E-state index contributed by atoms with van der Waals surface area (Å²) in [5.74, 6) is 1.43. The Morgan fingerprint density at radius 3 is 2.19 bits per heavy atom. The van der Waals surface area contributed by atoms with Gasteiger partial charge in [-0.1, -0.05) is 5.92 Å². The number of ether oxygens (including phenoxy) is 1. The highest BCUT2D eigenvalue weighted by molar-refractivity contribution is 5.49. The van der Waals surface area contributed by atoms with Gasteiger partial charge < -0.3 is 26.4 Å². The van der Waals surface area contributed by atoms with E-state index in [4.69, 9.17) is 21.4 Å². The first kappa shape index (κ1) is 26.1. The zero-order valence-corrected chi connectivity index (χ0v) is 15.0. The molecule has 27 heavy (non-hydrogen) atoms. The monoisotopic (exact) mass is 384 g/mol. The number of phenolic OH excluding ortho intramolecular Hbond substituents is 1. The molecule has 5 nitrogen and oxygen atoms in total. The molecule has 2 aromatic carbocycles. The number of hydrogen-bond donors (Lipinski definition) is 4. The first-order chi connectivity index (χ1) is 12.0. The topological polar surface area (TPSA) is 96.7 Å². The maximum Gasteiger partial charge on any atom is 0.134 e. The fourth-order valence-corrected chi connectivity index (χ4v) is 1.76. The van der Waals surface area contributed by atoms with Crippen LogP contribution in [-0.4, -0.2) is 17.3 Å². The Balaban J connectivity index is 0. The van der Waals surface area contributed by atoms with Gasteiger partial charge in [0.1, 0.15) is 29.7 Å². The van der Waals surface area contributed by atoms with Gasteiger partial charge in [0, 0.05) is 24.6 Å². The Hall–Kier alpha value is -3.15. The fraction of sp³-hybridized carbons (Fsp3) is 0.158. The number of rotatable bonds is 5. The summed E-state index contributed by atoms with van der Waals surface area (Å²) in [4.78, 5) is 0. The van der Waals surface area contributed by atoms with Crippen LogP contribution in [0.2, 0.25) is 0 Å². The van der Waals surface area contributed by atoms with Crippen molar-refractivity contribution in [3.05, 3.63) is 65.4 Å². The zero-order valence-electron chi connectivity index (χ0n) is 15.0. The molecule has 2 rings (SSSR count). The van der Waals surface area contributed by atoms with Crippen molar-refractivity contribution < 1.29 is 28.4 Å². The van der Waals surface area contributed by atoms with E-state index in [9.17, 15) is 8.78 Å². The smallest absolute Gasteiger partial charge is 0.134 e. The van der Waals surface area contributed by atoms with Gasteiger partial charge in [0.15, 0.2) is 0 Å². The van der Waals surface area contributed by atoms with Crippen LogP contribution in [0.4, 0.5) is 19.2 Å². The Labute approximate surface area is 156 Å². The summed E-state index contributed by atoms with van der Waals surface area (Å²) in [7, 11) is 1.00. The van der Waals surface area contributed by atoms with Crippen molar-refractivity contribution in [2.75, 3.05) is 12.4 Å². The normalized spacial score (nSPS) is 9.56. The van der Waals surface area contributed by atoms with Gasteiger partial charge in [-0.3, -0.25) is 4.70 Å². The summed E-state index contributed by atoms with van der Waals surface area (Å²) >= 11 is 0. The summed E-state index contributed by atoms with van der Waals surface area (Å²) in [6.45, 7) is 1.43. The number of aliphatic hydroxyl groups is 1. The predicted octanol–water partition coefficient (Wildman–Crippen LogP) is 4.12. The number of benzene rings is 2. The third kappa shape index (κ3) is 8.18. The molecule has 0 saturated heterocycles. The van der Waals surface area contributed by atoms with Crippen molar-refractivity contribution >= 4 is 5.69 Å². The van der Waals surface area contributed by atoms with Crippen LogP contribution in [0.15, 0.2) is 48.2 Å². The second kappa shape index (κ2) is 13.1. The van der Waals surface area contributed by atoms with Crippen molar-refractivity contribution in [1.29, 1.82) is 0 Å². The summed E-state index contributed by atoms with van der Waals surface area (Å²) in [6.07, 6.45) is 6.67. The fourth-order valence-electron chi connectivity index (χ4n) is 1.76. The van der Waals surface area contributed by atoms with Crippen LogP contribution in [0.25, 0.3) is 0 Å². The van der Waals surface area contributed by atoms with E-state index >= 15 is 0 Å². The van der Waals surface area contributed by atoms with Crippen LogP contribution in [-0.2, 0) is 6.61 Å². The molecule has 0 aliphatic rings. The molecule has 0 bridgehead atoms. The van der Waals surface area contributed by atoms with Crippen molar-refractivity contribution in [1.82, 2.24) is 6.15 Å². The molecule has 0 radical (unpaired) electrons. The van der Waals surface area contributed by atoms with Gasteiger partial charge in [0.2, 0.25) is 0 Å². The minimum absolute atomic E-state index is 0. The van der Waals surface area contributed by atoms with Gasteiger partial charge in [0.05, 0.1) is 5.56 Å². The lowest BCUT2D eigenvalue weighted by Gasteiger charge is -2.10. The quantitative estimate of drug-likeness (QED) is 0.582. The first-order valence-electron chi connectivity index (χ1n) is 7.24. The van der Waals surface area contributed by atoms with E-state index in [1.165, 1.54) is 42.6 Å². The molecule has 148 valence electrons. The van der Waals surface area contributed by atoms with Gasteiger partial charge in [0.25, 0.3) is 0 Å². The Morgan fingerprint density at radius 1 is 1.19 bits per heavy atom. The summed E-state index contributed by atoms with van der Waals surface area (Å²) in [5, 5.41) is 18.9. The van der Waals surface area contributed by atoms with Crippen LogP contribution >= 0.6 is 0 Å². The number of nitrogens with one attached hydrogen (secondary N) is 1. The molecule has 0 spiro atoms. The number of terminal acetylenes is 1. The number of aliphatic hydroxyl groups excluding tert-OH is 1. The van der Waals surface area contributed by atoms with Crippen molar-refractivity contribution in [3.8, 4) is 23.8 Å². The summed E-state index contributed by atoms with van der Waals surface area (Å²) in [5.41, 5.74) is 0.676. The molecular weight excluding hydrogens is 361 g/mol. The Kier molecular flexibility index (Phi) is 12.7. The van der Waals surface area contributed by atoms with Crippen molar-refractivity contribution in [2.24, 2.45) is 0 Å². The van der Waals surface area contributed by atoms with E-state index < -0.39 is 11.6 Å². The summed E-state index contributed by atoms with van der Waals surface area (Å²) in [6, 6.07) is 8.20. The average molecular weight is 384 g/mol. The van der Waals surface area contributed by atoms with Gasteiger partial charge in [-0.15, -0.1) is 6.42 Å². The lowest BCUT2D eigenvalue weighted by molar-refractivity contribution is 0.292. The standard InChI is InChI=1S/C18H15F2NO2.CH4O.FH.H3N/c1-3-12(2)10-21-13-8-17(19)16(18(20)9-13)11-23-15-6-4-14(22)5-7-15;1-2;;/h1,4-10,21-22H,11H2,2H3;2H,1H3;1H;1H3/b12-10-;;;. The first-order valence-corrected chi connectivity index (χ1v) is 7.24. The Morgan fingerprint density at radius 2 is 1.70 bits per heavy atom. The van der Waals surface area contributed by atoms with Crippen molar-refractivity contribution in [2.45, 2.75) is 13.5 Å². The van der Waals surface area contributed by atoms with Gasteiger partial charge >= 0.3 is 0 Å². The SMILES string of the molecule is C#C/C(C)=C\Nc1cc(F)c(COc2ccc(O)cc2)c(F)c1.CO.F.N. The number of aromatic hydroxyl groups is 1. The van der Waals surface area contributed by atoms with Gasteiger partial charge in [-0.2, -0.15) is 0 Å². The van der Waals surface area contributed by atoms with Crippen LogP contribution in [0.1, 0.15) is 12.5 Å². The maximum absolute atomic E-state index is 14.0. The largest absolute Gasteiger partial charge is 0.508 e. The zero-order chi connectivity index (χ0) is 18.8. The highest BCUT2D eigenvalue weighted by atomic mass is 19.1. The molecule has 8 heteroatoms. The lowest BCUT2D eigenvalue weighted by Crippen LogP contribution is -2.03. The molecule has 0 atom stereocenters. The molecular formula is C19H23F3N2O3. The number of hydrogen-bond acceptors (Lipinski definition) is 5. The molecule has 0 fully saturated rings. The van der Waals surface area contributed by atoms with Crippen LogP contribution in [0.3, 0.4) is 0 Å². The van der Waals surface area contributed by atoms with E-state index in [1.807, 2.05) is 0 Å². The molecule has 0 saturated carbocycles. The molecule has 0 heterocycles. The number of anilines is 1. The molecule has 2 aromatic rings. The molecule has 0 aliphatic carbocycles. The third-order valence-corrected chi connectivity index (χ3v) is 3.04. The number of phenols is 1. The van der Waals surface area contributed by atoms with E-state index in [0.29, 0.717) is 11.3 Å². The third-order valence-electron chi connectivity index (χ3n) is 3.04.